The van der Waals surface area contributed by atoms with Gasteiger partial charge >= 0.3 is 0 Å². The lowest BCUT2D eigenvalue weighted by Gasteiger charge is -2.34. The van der Waals surface area contributed by atoms with Crippen molar-refractivity contribution in [1.29, 1.82) is 0 Å². The van der Waals surface area contributed by atoms with E-state index in [2.05, 4.69) is 0 Å². The molecule has 0 bridgehead atoms. The van der Waals surface area contributed by atoms with Crippen molar-refractivity contribution in [2.24, 2.45) is 0 Å². The number of carbonyl (C=O) groups is 1. The van der Waals surface area contributed by atoms with Crippen LogP contribution in [0, 0.1) is 13.8 Å². The molecule has 0 saturated carbocycles. The van der Waals surface area contributed by atoms with E-state index in [1.807, 2.05) is 6.92 Å². The molecule has 2 aliphatic rings. The molecule has 0 radical (unpaired) electrons. The van der Waals surface area contributed by atoms with Crippen LogP contribution in [0.4, 0.5) is 0 Å². The number of rotatable bonds is 5. The van der Waals surface area contributed by atoms with Crippen LogP contribution in [0.3, 0.4) is 0 Å². The van der Waals surface area contributed by atoms with Gasteiger partial charge in [0.2, 0.25) is 20.0 Å². The number of aryl methyl sites for hydroxylation is 2. The smallest absolute Gasteiger partial charge is 0.254 e. The number of hydrogen-bond donors (Lipinski definition) is 0. The van der Waals surface area contributed by atoms with Crippen LogP contribution in [0.15, 0.2) is 52.3 Å². The molecule has 0 N–H and O–H groups in total. The van der Waals surface area contributed by atoms with Crippen LogP contribution in [-0.2, 0) is 20.0 Å². The van der Waals surface area contributed by atoms with Gasteiger partial charge in [-0.15, -0.1) is 0 Å². The number of nitrogens with zero attached hydrogens (tertiary/aromatic N) is 3. The first kappa shape index (κ1) is 24.8. The molecule has 4 rings (SSSR count). The molecule has 0 atom stereocenters. The quantitative estimate of drug-likeness (QED) is 0.623. The molecular weight excluding hydrogens is 474 g/mol. The van der Waals surface area contributed by atoms with Gasteiger partial charge in [0.15, 0.2) is 0 Å². The Kier molecular flexibility index (Phi) is 7.14. The molecule has 34 heavy (non-hydrogen) atoms. The lowest BCUT2D eigenvalue weighted by molar-refractivity contribution is 0.0697. The zero-order valence-corrected chi connectivity index (χ0v) is 21.2. The highest BCUT2D eigenvalue weighted by Crippen LogP contribution is 2.25. The van der Waals surface area contributed by atoms with Crippen molar-refractivity contribution in [3.05, 3.63) is 59.2 Å². The van der Waals surface area contributed by atoms with Crippen molar-refractivity contribution in [2.75, 3.05) is 39.3 Å². The molecule has 184 valence electrons. The Balaban J connectivity index is 1.49. The molecule has 2 heterocycles. The SMILES string of the molecule is Cc1ccc(S(=O)(=O)N2CCN(C(=O)c3cc(S(=O)(=O)N4CCCCC4)ccc3C)CC2)cc1. The van der Waals surface area contributed by atoms with Gasteiger partial charge in [0.25, 0.3) is 5.91 Å². The van der Waals surface area contributed by atoms with E-state index >= 15 is 0 Å². The first-order valence-electron chi connectivity index (χ1n) is 11.6. The third-order valence-electron chi connectivity index (χ3n) is 6.58. The second-order valence-corrected chi connectivity index (χ2v) is 12.8. The van der Waals surface area contributed by atoms with E-state index in [1.165, 1.54) is 14.7 Å². The van der Waals surface area contributed by atoms with Gasteiger partial charge < -0.3 is 4.90 Å². The first-order chi connectivity index (χ1) is 16.1. The number of sulfonamides is 2. The number of piperidine rings is 1. The number of amides is 1. The fourth-order valence-corrected chi connectivity index (χ4v) is 7.37. The minimum absolute atomic E-state index is 0.129. The molecule has 0 aromatic heterocycles. The maximum absolute atomic E-state index is 13.3. The largest absolute Gasteiger partial charge is 0.336 e. The van der Waals surface area contributed by atoms with Crippen LogP contribution in [0.25, 0.3) is 0 Å². The van der Waals surface area contributed by atoms with Gasteiger partial charge in [-0.3, -0.25) is 4.79 Å². The summed E-state index contributed by atoms with van der Waals surface area (Å²) in [7, 11) is -7.28. The number of hydrogen-bond acceptors (Lipinski definition) is 5. The van der Waals surface area contributed by atoms with E-state index in [0.29, 0.717) is 24.2 Å². The van der Waals surface area contributed by atoms with Crippen molar-refractivity contribution < 1.29 is 21.6 Å². The van der Waals surface area contributed by atoms with E-state index < -0.39 is 20.0 Å². The van der Waals surface area contributed by atoms with Gasteiger partial charge in [0.1, 0.15) is 0 Å². The van der Waals surface area contributed by atoms with Gasteiger partial charge in [-0.1, -0.05) is 30.2 Å². The predicted octanol–water partition coefficient (Wildman–Crippen LogP) is 2.62. The van der Waals surface area contributed by atoms with Crippen molar-refractivity contribution >= 4 is 26.0 Å². The summed E-state index contributed by atoms with van der Waals surface area (Å²) in [5, 5.41) is 0. The Morgan fingerprint density at radius 1 is 0.676 bits per heavy atom. The minimum atomic E-state index is -3.65. The third-order valence-corrected chi connectivity index (χ3v) is 10.4. The number of piperazine rings is 1. The van der Waals surface area contributed by atoms with Crippen molar-refractivity contribution in [3.8, 4) is 0 Å². The van der Waals surface area contributed by atoms with Crippen molar-refractivity contribution in [3.63, 3.8) is 0 Å². The first-order valence-corrected chi connectivity index (χ1v) is 14.5. The zero-order chi connectivity index (χ0) is 24.5. The summed E-state index contributed by atoms with van der Waals surface area (Å²) in [6, 6.07) is 11.4. The predicted molar refractivity (Wildman–Crippen MR) is 130 cm³/mol. The zero-order valence-electron chi connectivity index (χ0n) is 19.6. The van der Waals surface area contributed by atoms with Gasteiger partial charge in [-0.25, -0.2) is 16.8 Å². The Labute approximate surface area is 202 Å². The van der Waals surface area contributed by atoms with E-state index in [9.17, 15) is 21.6 Å². The van der Waals surface area contributed by atoms with Crippen LogP contribution >= 0.6 is 0 Å². The highest BCUT2D eigenvalue weighted by atomic mass is 32.2. The summed E-state index contributed by atoms with van der Waals surface area (Å²) in [5.74, 6) is -0.277. The summed E-state index contributed by atoms with van der Waals surface area (Å²) in [4.78, 5) is 15.3. The number of benzene rings is 2. The third kappa shape index (κ3) is 4.91. The van der Waals surface area contributed by atoms with E-state index in [1.54, 1.807) is 48.2 Å². The minimum Gasteiger partial charge on any atom is -0.336 e. The molecule has 2 aromatic carbocycles. The normalized spacial score (nSPS) is 18.7. The van der Waals surface area contributed by atoms with Crippen LogP contribution < -0.4 is 0 Å². The second kappa shape index (κ2) is 9.77. The van der Waals surface area contributed by atoms with Crippen molar-refractivity contribution in [1.82, 2.24) is 13.5 Å². The molecule has 10 heteroatoms. The molecule has 8 nitrogen and oxygen atoms in total. The van der Waals surface area contributed by atoms with Crippen LogP contribution in [-0.4, -0.2) is 75.5 Å². The highest BCUT2D eigenvalue weighted by Gasteiger charge is 2.32. The molecule has 1 amide bonds. The summed E-state index contributed by atoms with van der Waals surface area (Å²) in [6.07, 6.45) is 2.70. The molecule has 0 aliphatic carbocycles. The Morgan fingerprint density at radius 3 is 1.82 bits per heavy atom. The maximum atomic E-state index is 13.3. The fraction of sp³-hybridized carbons (Fsp3) is 0.458. The number of carbonyl (C=O) groups excluding carboxylic acids is 1. The summed E-state index contributed by atoms with van der Waals surface area (Å²) < 4.78 is 55.0. The van der Waals surface area contributed by atoms with Gasteiger partial charge in [0.05, 0.1) is 9.79 Å². The van der Waals surface area contributed by atoms with Gasteiger partial charge in [-0.2, -0.15) is 8.61 Å². The van der Waals surface area contributed by atoms with Crippen LogP contribution in [0.1, 0.15) is 40.7 Å². The Morgan fingerprint density at radius 2 is 1.21 bits per heavy atom. The Bertz CT molecular complexity index is 1260. The molecule has 2 aromatic rings. The molecule has 0 spiro atoms. The van der Waals surface area contributed by atoms with Gasteiger partial charge in [-0.05, 0) is 56.5 Å². The standard InChI is InChI=1S/C24H31N3O5S2/c1-19-6-9-21(10-7-19)33(29,30)27-16-14-25(15-17-27)24(28)23-18-22(11-8-20(23)2)34(31,32)26-12-4-3-5-13-26/h6-11,18H,3-5,12-17H2,1-2H3. The molecule has 0 unspecified atom stereocenters. The van der Waals surface area contributed by atoms with E-state index in [-0.39, 0.29) is 41.9 Å². The summed E-state index contributed by atoms with van der Waals surface area (Å²) >= 11 is 0. The lowest BCUT2D eigenvalue weighted by Crippen LogP contribution is -2.50. The lowest BCUT2D eigenvalue weighted by atomic mass is 10.1. The molecule has 2 aliphatic heterocycles. The van der Waals surface area contributed by atoms with Crippen LogP contribution in [0.2, 0.25) is 0 Å². The topological polar surface area (TPSA) is 95.1 Å². The monoisotopic (exact) mass is 505 g/mol. The summed E-state index contributed by atoms with van der Waals surface area (Å²) in [6.45, 7) is 5.53. The highest BCUT2D eigenvalue weighted by molar-refractivity contribution is 7.89. The fourth-order valence-electron chi connectivity index (χ4n) is 4.41. The Hall–Kier alpha value is -2.27. The van der Waals surface area contributed by atoms with E-state index in [4.69, 9.17) is 0 Å². The average Bonchev–Trinajstić information content (AvgIpc) is 2.84. The second-order valence-electron chi connectivity index (χ2n) is 8.95. The average molecular weight is 506 g/mol. The van der Waals surface area contributed by atoms with Crippen molar-refractivity contribution in [2.45, 2.75) is 42.9 Å². The van der Waals surface area contributed by atoms with Gasteiger partial charge in [0, 0.05) is 44.8 Å². The summed E-state index contributed by atoms with van der Waals surface area (Å²) in [5.41, 5.74) is 2.01. The molecule has 2 fully saturated rings. The van der Waals surface area contributed by atoms with E-state index in [0.717, 1.165) is 24.8 Å². The maximum Gasteiger partial charge on any atom is 0.254 e. The molecular formula is C24H31N3O5S2. The van der Waals surface area contributed by atoms with Crippen LogP contribution in [0.5, 0.6) is 0 Å². The molecule has 2 saturated heterocycles.